The first-order chi connectivity index (χ1) is 14.3. The summed E-state index contributed by atoms with van der Waals surface area (Å²) in [4.78, 5) is 28.5. The molecule has 1 aliphatic heterocycles. The second-order valence-corrected chi connectivity index (χ2v) is 8.35. The van der Waals surface area contributed by atoms with E-state index in [9.17, 15) is 9.59 Å². The van der Waals surface area contributed by atoms with Crippen LogP contribution in [-0.4, -0.2) is 42.9 Å². The van der Waals surface area contributed by atoms with E-state index in [1.54, 1.807) is 24.3 Å². The Hall–Kier alpha value is -2.50. The predicted molar refractivity (Wildman–Crippen MR) is 124 cm³/mol. The molecule has 0 atom stereocenters. The summed E-state index contributed by atoms with van der Waals surface area (Å²) in [6, 6.07) is 12.8. The number of piperazine rings is 1. The Morgan fingerprint density at radius 1 is 1.00 bits per heavy atom. The molecule has 0 aliphatic carbocycles. The summed E-state index contributed by atoms with van der Waals surface area (Å²) < 4.78 is 0. The van der Waals surface area contributed by atoms with Crippen molar-refractivity contribution in [3.05, 3.63) is 64.1 Å². The van der Waals surface area contributed by atoms with Gasteiger partial charge in [-0.05, 0) is 48.0 Å². The standard InChI is InChI=1S/C23H25Cl2N3O2/c1-16(2)23(30)28-13-11-27(12-14-28)20-8-6-19(7-9-20)26-22(29)10-4-17-3-5-18(24)15-21(17)25/h3-10,15-16H,11-14H2,1-2H3,(H,26,29)/b10-4+. The van der Waals surface area contributed by atoms with E-state index >= 15 is 0 Å². The Balaban J connectivity index is 1.54. The van der Waals surface area contributed by atoms with Crippen LogP contribution in [-0.2, 0) is 9.59 Å². The van der Waals surface area contributed by atoms with Crippen molar-refractivity contribution in [2.45, 2.75) is 13.8 Å². The van der Waals surface area contributed by atoms with E-state index < -0.39 is 0 Å². The van der Waals surface area contributed by atoms with E-state index in [-0.39, 0.29) is 17.7 Å². The summed E-state index contributed by atoms with van der Waals surface area (Å²) in [7, 11) is 0. The molecule has 3 rings (SSSR count). The molecule has 0 saturated carbocycles. The number of hydrogen-bond acceptors (Lipinski definition) is 3. The highest BCUT2D eigenvalue weighted by Gasteiger charge is 2.22. The van der Waals surface area contributed by atoms with Crippen LogP contribution in [0.2, 0.25) is 10.0 Å². The van der Waals surface area contributed by atoms with Gasteiger partial charge in [-0.2, -0.15) is 0 Å². The number of benzene rings is 2. The molecule has 1 heterocycles. The molecular weight excluding hydrogens is 421 g/mol. The van der Waals surface area contributed by atoms with Gasteiger partial charge in [0.15, 0.2) is 0 Å². The number of halogens is 2. The molecule has 1 aliphatic rings. The molecule has 0 aromatic heterocycles. The van der Waals surface area contributed by atoms with Gasteiger partial charge in [-0.1, -0.05) is 43.1 Å². The maximum atomic E-state index is 12.2. The monoisotopic (exact) mass is 445 g/mol. The van der Waals surface area contributed by atoms with E-state index in [0.29, 0.717) is 15.7 Å². The second kappa shape index (κ2) is 10.0. The molecule has 1 N–H and O–H groups in total. The molecule has 7 heteroatoms. The molecule has 0 radical (unpaired) electrons. The van der Waals surface area contributed by atoms with Crippen molar-refractivity contribution in [3.8, 4) is 0 Å². The number of nitrogens with one attached hydrogen (secondary N) is 1. The zero-order valence-corrected chi connectivity index (χ0v) is 18.6. The third kappa shape index (κ3) is 5.77. The molecule has 1 saturated heterocycles. The van der Waals surface area contributed by atoms with Gasteiger partial charge in [-0.15, -0.1) is 0 Å². The van der Waals surface area contributed by atoms with Crippen LogP contribution >= 0.6 is 23.2 Å². The van der Waals surface area contributed by atoms with Crippen molar-refractivity contribution < 1.29 is 9.59 Å². The topological polar surface area (TPSA) is 52.7 Å². The summed E-state index contributed by atoms with van der Waals surface area (Å²) in [6.07, 6.45) is 3.09. The first kappa shape index (κ1) is 22.2. The van der Waals surface area contributed by atoms with Crippen LogP contribution in [0.25, 0.3) is 6.08 Å². The molecule has 0 spiro atoms. The highest BCUT2D eigenvalue weighted by Crippen LogP contribution is 2.23. The fraction of sp³-hybridized carbons (Fsp3) is 0.304. The number of rotatable bonds is 5. The molecule has 5 nitrogen and oxygen atoms in total. The zero-order chi connectivity index (χ0) is 21.7. The smallest absolute Gasteiger partial charge is 0.248 e. The number of carbonyl (C=O) groups excluding carboxylic acids is 2. The SMILES string of the molecule is CC(C)C(=O)N1CCN(c2ccc(NC(=O)/C=C/c3ccc(Cl)cc3Cl)cc2)CC1. The lowest BCUT2D eigenvalue weighted by molar-refractivity contribution is -0.134. The first-order valence-electron chi connectivity index (χ1n) is 9.91. The van der Waals surface area contributed by atoms with Crippen molar-refractivity contribution in [1.82, 2.24) is 4.90 Å². The van der Waals surface area contributed by atoms with E-state index in [4.69, 9.17) is 23.2 Å². The van der Waals surface area contributed by atoms with Crippen LogP contribution in [0.3, 0.4) is 0 Å². The number of nitrogens with zero attached hydrogens (tertiary/aromatic N) is 2. The summed E-state index contributed by atoms with van der Waals surface area (Å²) in [5.41, 5.74) is 2.51. The Morgan fingerprint density at radius 3 is 2.27 bits per heavy atom. The Kier molecular flexibility index (Phi) is 7.40. The fourth-order valence-electron chi connectivity index (χ4n) is 3.29. The summed E-state index contributed by atoms with van der Waals surface area (Å²) in [5, 5.41) is 3.88. The minimum atomic E-state index is -0.241. The largest absolute Gasteiger partial charge is 0.368 e. The van der Waals surface area contributed by atoms with E-state index in [1.807, 2.05) is 43.0 Å². The van der Waals surface area contributed by atoms with Crippen LogP contribution in [0, 0.1) is 5.92 Å². The number of hydrogen-bond donors (Lipinski definition) is 1. The van der Waals surface area contributed by atoms with E-state index in [2.05, 4.69) is 10.2 Å². The van der Waals surface area contributed by atoms with Crippen LogP contribution < -0.4 is 10.2 Å². The molecular formula is C23H25Cl2N3O2. The lowest BCUT2D eigenvalue weighted by atomic mass is 10.1. The van der Waals surface area contributed by atoms with Crippen LogP contribution in [0.4, 0.5) is 11.4 Å². The number of carbonyl (C=O) groups is 2. The maximum Gasteiger partial charge on any atom is 0.248 e. The summed E-state index contributed by atoms with van der Waals surface area (Å²) in [5.74, 6) is -0.000515. The van der Waals surface area contributed by atoms with Crippen LogP contribution in [0.5, 0.6) is 0 Å². The van der Waals surface area contributed by atoms with Gasteiger partial charge >= 0.3 is 0 Å². The molecule has 2 aromatic carbocycles. The average molecular weight is 446 g/mol. The normalized spacial score (nSPS) is 14.4. The summed E-state index contributed by atoms with van der Waals surface area (Å²) >= 11 is 12.0. The van der Waals surface area contributed by atoms with Gasteiger partial charge in [-0.25, -0.2) is 0 Å². The number of anilines is 2. The second-order valence-electron chi connectivity index (χ2n) is 7.50. The summed E-state index contributed by atoms with van der Waals surface area (Å²) in [6.45, 7) is 6.92. The minimum Gasteiger partial charge on any atom is -0.368 e. The van der Waals surface area contributed by atoms with Crippen molar-refractivity contribution in [3.63, 3.8) is 0 Å². The molecule has 0 unspecified atom stereocenters. The molecule has 158 valence electrons. The van der Waals surface area contributed by atoms with Crippen molar-refractivity contribution in [2.75, 3.05) is 36.4 Å². The third-order valence-corrected chi connectivity index (χ3v) is 5.52. The van der Waals surface area contributed by atoms with Gasteiger partial charge in [0, 0.05) is 59.6 Å². The van der Waals surface area contributed by atoms with E-state index in [0.717, 1.165) is 37.4 Å². The third-order valence-electron chi connectivity index (χ3n) is 4.96. The van der Waals surface area contributed by atoms with Gasteiger partial charge < -0.3 is 15.1 Å². The average Bonchev–Trinajstić information content (AvgIpc) is 2.73. The first-order valence-corrected chi connectivity index (χ1v) is 10.7. The zero-order valence-electron chi connectivity index (χ0n) is 17.1. The Morgan fingerprint density at radius 2 is 1.67 bits per heavy atom. The lowest BCUT2D eigenvalue weighted by Gasteiger charge is -2.37. The molecule has 2 aromatic rings. The van der Waals surface area contributed by atoms with Gasteiger partial charge in [0.05, 0.1) is 0 Å². The highest BCUT2D eigenvalue weighted by atomic mass is 35.5. The highest BCUT2D eigenvalue weighted by molar-refractivity contribution is 6.35. The fourth-order valence-corrected chi connectivity index (χ4v) is 3.76. The van der Waals surface area contributed by atoms with E-state index in [1.165, 1.54) is 6.08 Å². The van der Waals surface area contributed by atoms with Crippen molar-refractivity contribution in [2.24, 2.45) is 5.92 Å². The predicted octanol–water partition coefficient (Wildman–Crippen LogP) is 4.95. The molecule has 2 amide bonds. The van der Waals surface area contributed by atoms with Gasteiger partial charge in [-0.3, -0.25) is 9.59 Å². The van der Waals surface area contributed by atoms with Crippen LogP contribution in [0.15, 0.2) is 48.5 Å². The minimum absolute atomic E-state index is 0.0317. The van der Waals surface area contributed by atoms with Crippen LogP contribution in [0.1, 0.15) is 19.4 Å². The Labute approximate surface area is 187 Å². The Bertz CT molecular complexity index is 934. The van der Waals surface area contributed by atoms with Gasteiger partial charge in [0.1, 0.15) is 0 Å². The van der Waals surface area contributed by atoms with Gasteiger partial charge in [0.25, 0.3) is 0 Å². The lowest BCUT2D eigenvalue weighted by Crippen LogP contribution is -2.49. The molecule has 1 fully saturated rings. The number of amides is 2. The maximum absolute atomic E-state index is 12.2. The molecule has 30 heavy (non-hydrogen) atoms. The molecule has 0 bridgehead atoms. The quantitative estimate of drug-likeness (QED) is 0.662. The van der Waals surface area contributed by atoms with Gasteiger partial charge in [0.2, 0.25) is 11.8 Å². The van der Waals surface area contributed by atoms with Crippen molar-refractivity contribution >= 4 is 52.5 Å². The van der Waals surface area contributed by atoms with Crippen molar-refractivity contribution in [1.29, 1.82) is 0 Å².